The molecule has 1 fully saturated rings. The third-order valence-electron chi connectivity index (χ3n) is 4.13. The Balaban J connectivity index is 1.86. The van der Waals surface area contributed by atoms with Crippen LogP contribution in [0.4, 0.5) is 0 Å². The van der Waals surface area contributed by atoms with Gasteiger partial charge >= 0.3 is 0 Å². The first-order valence-corrected chi connectivity index (χ1v) is 5.96. The number of hydrogen-bond acceptors (Lipinski definition) is 2. The first kappa shape index (κ1) is 9.72. The van der Waals surface area contributed by atoms with Crippen LogP contribution < -0.4 is 4.74 Å². The van der Waals surface area contributed by atoms with Crippen LogP contribution in [0.15, 0.2) is 24.3 Å². The molecule has 0 N–H and O–H groups in total. The minimum absolute atomic E-state index is 0.0898. The molecule has 82 valence electrons. The third kappa shape index (κ3) is 1.31. The average molecular weight is 213 g/mol. The van der Waals surface area contributed by atoms with Gasteiger partial charge in [0.15, 0.2) is 0 Å². The number of fused-ring (bicyclic) bond motifs is 1. The topological polar surface area (TPSA) is 33.0 Å². The van der Waals surface area contributed by atoms with E-state index in [4.69, 9.17) is 4.74 Å². The second-order valence-electron chi connectivity index (χ2n) is 4.94. The number of para-hydroxylation sites is 1. The van der Waals surface area contributed by atoms with E-state index in [9.17, 15) is 5.26 Å². The molecule has 2 nitrogen and oxygen atoms in total. The lowest BCUT2D eigenvalue weighted by atomic mass is 9.60. The van der Waals surface area contributed by atoms with Crippen LogP contribution in [-0.2, 0) is 6.42 Å². The summed E-state index contributed by atoms with van der Waals surface area (Å²) in [4.78, 5) is 0. The number of hydrogen-bond donors (Lipinski definition) is 0. The Morgan fingerprint density at radius 1 is 1.31 bits per heavy atom. The van der Waals surface area contributed by atoms with E-state index in [2.05, 4.69) is 12.1 Å². The van der Waals surface area contributed by atoms with Crippen LogP contribution in [0.1, 0.15) is 24.8 Å². The van der Waals surface area contributed by atoms with Gasteiger partial charge in [0.05, 0.1) is 18.1 Å². The quantitative estimate of drug-likeness (QED) is 0.718. The van der Waals surface area contributed by atoms with Crippen LogP contribution in [0, 0.1) is 22.7 Å². The number of benzene rings is 1. The highest BCUT2D eigenvalue weighted by atomic mass is 16.5. The average Bonchev–Trinajstić information content (AvgIpc) is 2.28. The highest BCUT2D eigenvalue weighted by Gasteiger charge is 2.46. The summed E-state index contributed by atoms with van der Waals surface area (Å²) in [5.41, 5.74) is 1.17. The van der Waals surface area contributed by atoms with Crippen molar-refractivity contribution in [3.63, 3.8) is 0 Å². The van der Waals surface area contributed by atoms with Gasteiger partial charge in [0, 0.05) is 5.92 Å². The normalized spacial score (nSPS) is 25.8. The molecule has 1 aliphatic carbocycles. The van der Waals surface area contributed by atoms with Crippen LogP contribution in [0.25, 0.3) is 0 Å². The maximum absolute atomic E-state index is 9.33. The molecule has 1 saturated carbocycles. The van der Waals surface area contributed by atoms with Crippen molar-refractivity contribution < 1.29 is 4.74 Å². The number of ether oxygens (including phenoxy) is 1. The fourth-order valence-electron chi connectivity index (χ4n) is 2.85. The summed E-state index contributed by atoms with van der Waals surface area (Å²) in [7, 11) is 0. The lowest BCUT2D eigenvalue weighted by Gasteiger charge is -2.43. The van der Waals surface area contributed by atoms with Gasteiger partial charge in [-0.2, -0.15) is 5.26 Å². The number of nitriles is 1. The summed E-state index contributed by atoms with van der Waals surface area (Å²) in [6.07, 6.45) is 4.31. The van der Waals surface area contributed by atoms with Crippen LogP contribution in [-0.4, -0.2) is 6.61 Å². The maximum Gasteiger partial charge on any atom is 0.122 e. The van der Waals surface area contributed by atoms with Gasteiger partial charge in [-0.25, -0.2) is 0 Å². The summed E-state index contributed by atoms with van der Waals surface area (Å²) >= 11 is 0. The van der Waals surface area contributed by atoms with E-state index in [1.807, 2.05) is 18.2 Å². The lowest BCUT2D eigenvalue weighted by Crippen LogP contribution is -2.42. The van der Waals surface area contributed by atoms with Gasteiger partial charge in [-0.3, -0.25) is 0 Å². The van der Waals surface area contributed by atoms with Gasteiger partial charge in [0.1, 0.15) is 5.75 Å². The van der Waals surface area contributed by atoms with Gasteiger partial charge < -0.3 is 4.74 Å². The third-order valence-corrected chi connectivity index (χ3v) is 4.13. The summed E-state index contributed by atoms with van der Waals surface area (Å²) < 4.78 is 5.77. The van der Waals surface area contributed by atoms with E-state index in [0.717, 1.165) is 25.0 Å². The molecule has 0 amide bonds. The molecule has 1 unspecified atom stereocenters. The van der Waals surface area contributed by atoms with Gasteiger partial charge in [0.2, 0.25) is 0 Å². The van der Waals surface area contributed by atoms with Gasteiger partial charge in [0.25, 0.3) is 0 Å². The molecule has 1 aliphatic heterocycles. The Kier molecular flexibility index (Phi) is 2.14. The van der Waals surface area contributed by atoms with Crippen molar-refractivity contribution in [3.8, 4) is 11.8 Å². The Morgan fingerprint density at radius 3 is 2.81 bits per heavy atom. The molecule has 1 atom stereocenters. The van der Waals surface area contributed by atoms with Crippen LogP contribution in [0.3, 0.4) is 0 Å². The zero-order chi connectivity index (χ0) is 11.0. The molecule has 3 rings (SSSR count). The predicted octanol–water partition coefficient (Wildman–Crippen LogP) is 2.93. The van der Waals surface area contributed by atoms with E-state index in [0.29, 0.717) is 12.5 Å². The highest BCUT2D eigenvalue weighted by Crippen LogP contribution is 2.49. The molecule has 0 saturated heterocycles. The smallest absolute Gasteiger partial charge is 0.122 e. The van der Waals surface area contributed by atoms with Gasteiger partial charge in [-0.15, -0.1) is 0 Å². The molecule has 1 heterocycles. The van der Waals surface area contributed by atoms with Crippen molar-refractivity contribution in [1.29, 1.82) is 5.26 Å². The maximum atomic E-state index is 9.33. The van der Waals surface area contributed by atoms with Crippen LogP contribution in [0.2, 0.25) is 0 Å². The molecule has 1 aromatic rings. The Morgan fingerprint density at radius 2 is 2.12 bits per heavy atom. The second kappa shape index (κ2) is 3.52. The minimum Gasteiger partial charge on any atom is -0.493 e. The van der Waals surface area contributed by atoms with E-state index in [1.165, 1.54) is 12.0 Å². The predicted molar refractivity (Wildman–Crippen MR) is 61.0 cm³/mol. The second-order valence-corrected chi connectivity index (χ2v) is 4.94. The fourth-order valence-corrected chi connectivity index (χ4v) is 2.85. The zero-order valence-electron chi connectivity index (χ0n) is 9.28. The Labute approximate surface area is 95.8 Å². The molecule has 0 radical (unpaired) electrons. The largest absolute Gasteiger partial charge is 0.493 e. The SMILES string of the molecule is N#CC1(C2COc3ccccc3C2)CCC1. The van der Waals surface area contributed by atoms with Crippen molar-refractivity contribution >= 4 is 0 Å². The molecule has 0 bridgehead atoms. The summed E-state index contributed by atoms with van der Waals surface area (Å²) in [5, 5.41) is 9.33. The van der Waals surface area contributed by atoms with E-state index >= 15 is 0 Å². The Hall–Kier alpha value is -1.49. The van der Waals surface area contributed by atoms with Crippen LogP contribution >= 0.6 is 0 Å². The van der Waals surface area contributed by atoms with Crippen molar-refractivity contribution in [3.05, 3.63) is 29.8 Å². The molecule has 2 aliphatic rings. The van der Waals surface area contributed by atoms with Crippen molar-refractivity contribution in [2.45, 2.75) is 25.7 Å². The molecular weight excluding hydrogens is 198 g/mol. The molecule has 16 heavy (non-hydrogen) atoms. The molecule has 0 spiro atoms. The minimum atomic E-state index is -0.0898. The molecule has 1 aromatic carbocycles. The summed E-state index contributed by atoms with van der Waals surface area (Å²) in [5.74, 6) is 1.40. The van der Waals surface area contributed by atoms with E-state index in [-0.39, 0.29) is 5.41 Å². The highest BCUT2D eigenvalue weighted by molar-refractivity contribution is 5.36. The van der Waals surface area contributed by atoms with E-state index in [1.54, 1.807) is 0 Å². The van der Waals surface area contributed by atoms with Crippen molar-refractivity contribution in [2.24, 2.45) is 11.3 Å². The monoisotopic (exact) mass is 213 g/mol. The fraction of sp³-hybridized carbons (Fsp3) is 0.500. The van der Waals surface area contributed by atoms with Crippen molar-refractivity contribution in [2.75, 3.05) is 6.61 Å². The number of rotatable bonds is 1. The van der Waals surface area contributed by atoms with Gasteiger partial charge in [-0.05, 0) is 30.9 Å². The van der Waals surface area contributed by atoms with Crippen LogP contribution in [0.5, 0.6) is 5.75 Å². The first-order chi connectivity index (χ1) is 7.84. The molecule has 0 aromatic heterocycles. The summed E-state index contributed by atoms with van der Waals surface area (Å²) in [6.45, 7) is 0.713. The lowest BCUT2D eigenvalue weighted by molar-refractivity contribution is 0.0619. The zero-order valence-corrected chi connectivity index (χ0v) is 9.28. The standard InChI is InChI=1S/C14H15NO/c15-10-14(6-3-7-14)12-8-11-4-1-2-5-13(11)16-9-12/h1-2,4-5,12H,3,6-9H2. The Bertz CT molecular complexity index is 442. The van der Waals surface area contributed by atoms with Gasteiger partial charge in [-0.1, -0.05) is 24.6 Å². The molecule has 2 heteroatoms. The van der Waals surface area contributed by atoms with Crippen molar-refractivity contribution in [1.82, 2.24) is 0 Å². The number of nitrogens with zero attached hydrogens (tertiary/aromatic N) is 1. The molecular formula is C14H15NO. The first-order valence-electron chi connectivity index (χ1n) is 5.96. The summed E-state index contributed by atoms with van der Waals surface area (Å²) in [6, 6.07) is 10.7. The van der Waals surface area contributed by atoms with E-state index < -0.39 is 0 Å².